The number of carbonyl (C=O) groups is 3. The Bertz CT molecular complexity index is 2200. The average Bonchev–Trinajstić information content (AvgIpc) is 3.49. The van der Waals surface area contributed by atoms with Gasteiger partial charge in [0, 0.05) is 20.2 Å². The van der Waals surface area contributed by atoms with Crippen LogP contribution < -0.4 is 20.6 Å². The number of carbonyl (C=O) groups excluding carboxylic acids is 2. The quantitative estimate of drug-likeness (QED) is 0.0390. The van der Waals surface area contributed by atoms with E-state index in [1.165, 1.54) is 17.9 Å². The molecule has 0 unspecified atom stereocenters. The van der Waals surface area contributed by atoms with Crippen molar-refractivity contribution >= 4 is 105 Å². The summed E-state index contributed by atoms with van der Waals surface area (Å²) in [6, 6.07) is 8.42. The number of carboxylic acid groups (broad SMARTS) is 1. The van der Waals surface area contributed by atoms with Gasteiger partial charge in [0.15, 0.2) is 4.84 Å². The number of alkyl halides is 5. The number of carboxylic acids is 1. The molecule has 5 N–H and O–H groups in total. The van der Waals surface area contributed by atoms with E-state index in [9.17, 15) is 40.9 Å². The van der Waals surface area contributed by atoms with Crippen molar-refractivity contribution in [2.75, 3.05) is 61.5 Å². The Hall–Kier alpha value is -3.60. The second kappa shape index (κ2) is 29.0. The van der Waals surface area contributed by atoms with Gasteiger partial charge in [0.2, 0.25) is 15.9 Å². The van der Waals surface area contributed by atoms with Crippen molar-refractivity contribution in [2.45, 2.75) is 45.0 Å². The summed E-state index contributed by atoms with van der Waals surface area (Å²) in [5, 5.41) is 13.7. The summed E-state index contributed by atoms with van der Waals surface area (Å²) in [7, 11) is -6.17. The van der Waals surface area contributed by atoms with Gasteiger partial charge in [0.05, 0.1) is 46.2 Å². The third-order valence-corrected chi connectivity index (χ3v) is 9.88. The molecule has 2 amide bonds. The molecule has 0 saturated carbocycles. The molecule has 0 spiro atoms. The predicted molar refractivity (Wildman–Crippen MR) is 243 cm³/mol. The number of sulfonamides is 1. The predicted octanol–water partition coefficient (Wildman–Crippen LogP) is 6.19. The van der Waals surface area contributed by atoms with Gasteiger partial charge >= 0.3 is 25.8 Å². The van der Waals surface area contributed by atoms with Crippen LogP contribution >= 0.6 is 65.6 Å². The minimum atomic E-state index is -4.10. The second-order valence-corrected chi connectivity index (χ2v) is 17.9. The molecule has 2 aromatic carbocycles. The minimum Gasteiger partial charge on any atom is -0.480 e. The van der Waals surface area contributed by atoms with Crippen molar-refractivity contribution in [1.29, 1.82) is 0 Å². The van der Waals surface area contributed by atoms with Crippen LogP contribution in [0.4, 0.5) is 20.2 Å². The lowest BCUT2D eigenvalue weighted by Gasteiger charge is -2.26. The van der Waals surface area contributed by atoms with E-state index in [-0.39, 0.29) is 56.2 Å². The van der Waals surface area contributed by atoms with Crippen molar-refractivity contribution in [2.24, 2.45) is 0 Å². The van der Waals surface area contributed by atoms with E-state index >= 15 is 0 Å². The number of para-hydroxylation sites is 1. The first kappa shape index (κ1) is 59.4. The maximum Gasteiger partial charge on any atom is 0.355 e. The molecule has 1 aromatic heterocycles. The van der Waals surface area contributed by atoms with Crippen LogP contribution in [0, 0.1) is 6.92 Å². The minimum absolute atomic E-state index is 0.0257. The van der Waals surface area contributed by atoms with Crippen molar-refractivity contribution in [1.82, 2.24) is 24.6 Å². The van der Waals surface area contributed by atoms with Gasteiger partial charge in [-0.1, -0.05) is 90.6 Å². The molecular weight excluding hydrogens is 985 g/mol. The fourth-order valence-electron chi connectivity index (χ4n) is 4.87. The summed E-state index contributed by atoms with van der Waals surface area (Å²) in [6.45, 7) is 9.98. The van der Waals surface area contributed by atoms with Crippen LogP contribution in [0.5, 0.6) is 0 Å². The van der Waals surface area contributed by atoms with Crippen LogP contribution in [0.3, 0.4) is 0 Å². The summed E-state index contributed by atoms with van der Waals surface area (Å²) in [4.78, 5) is 63.4. The molecule has 0 bridgehead atoms. The molecular formula is C36H49Cl5F2N7O11PS. The molecule has 0 aliphatic carbocycles. The number of halogens is 7. The third-order valence-electron chi connectivity index (χ3n) is 7.44. The van der Waals surface area contributed by atoms with Crippen molar-refractivity contribution in [3.63, 3.8) is 0 Å². The van der Waals surface area contributed by atoms with Crippen LogP contribution in [0.25, 0.3) is 5.69 Å². The molecule has 0 saturated heterocycles. The topological polar surface area (TPSA) is 243 Å². The summed E-state index contributed by atoms with van der Waals surface area (Å²) >= 11 is 28.3. The molecule has 18 nitrogen and oxygen atoms in total. The van der Waals surface area contributed by atoms with E-state index in [1.807, 2.05) is 18.2 Å². The van der Waals surface area contributed by atoms with E-state index in [0.29, 0.717) is 17.8 Å². The lowest BCUT2D eigenvalue weighted by molar-refractivity contribution is -0.136. The van der Waals surface area contributed by atoms with Crippen molar-refractivity contribution < 1.29 is 55.8 Å². The normalized spacial score (nSPS) is 11.0. The number of anilines is 2. The van der Waals surface area contributed by atoms with Gasteiger partial charge in [0.1, 0.15) is 18.4 Å². The molecule has 3 rings (SSSR count). The molecule has 63 heavy (non-hydrogen) atoms. The van der Waals surface area contributed by atoms with E-state index < -0.39 is 53.5 Å². The number of methoxy groups -OCH3 is 1. The Kier molecular flexibility index (Phi) is 27.4. The van der Waals surface area contributed by atoms with Gasteiger partial charge in [-0.2, -0.15) is 13.5 Å². The lowest BCUT2D eigenvalue weighted by Crippen LogP contribution is -2.35. The SMILES string of the molecule is C=CCN(CC=C)C(=O)C(Cl)Cl.CCc1cccc(CC)c1N(COC)C(=O)CCl.Cc1nn(-c2cc(NS(C)(=O)=O)c(Cl)cc2Cl)c(=O)n1C(F)F.O=C(O)CNCP(=O)(O)O. The first-order chi connectivity index (χ1) is 29.2. The molecule has 0 aliphatic rings. The smallest absolute Gasteiger partial charge is 0.355 e. The number of hydrogen-bond donors (Lipinski definition) is 5. The Morgan fingerprint density at radius 1 is 1.05 bits per heavy atom. The van der Waals surface area contributed by atoms with Gasteiger partial charge in [-0.05, 0) is 43.0 Å². The number of hydrogen-bond acceptors (Lipinski definition) is 10. The van der Waals surface area contributed by atoms with Crippen LogP contribution in [0.2, 0.25) is 10.0 Å². The molecule has 354 valence electrons. The maximum absolute atomic E-state index is 12.8. The number of benzene rings is 2. The van der Waals surface area contributed by atoms with Crippen LogP contribution in [-0.2, 0) is 46.6 Å². The fraction of sp³-hybridized carbons (Fsp3) is 0.417. The number of amides is 2. The summed E-state index contributed by atoms with van der Waals surface area (Å²) in [5.74, 6) is -1.86. The molecule has 0 fully saturated rings. The van der Waals surface area contributed by atoms with E-state index in [2.05, 4.69) is 42.1 Å². The lowest BCUT2D eigenvalue weighted by atomic mass is 10.0. The fourth-order valence-corrected chi connectivity index (χ4v) is 6.83. The molecule has 0 aliphatic heterocycles. The van der Waals surface area contributed by atoms with Gasteiger partial charge < -0.3 is 24.5 Å². The van der Waals surface area contributed by atoms with Crippen LogP contribution in [-0.4, -0.2) is 117 Å². The first-order valence-corrected chi connectivity index (χ1v) is 23.8. The van der Waals surface area contributed by atoms with Crippen LogP contribution in [0.1, 0.15) is 37.3 Å². The summed E-state index contributed by atoms with van der Waals surface area (Å²) in [5.41, 5.74) is 1.97. The molecule has 0 radical (unpaired) electrons. The standard InChI is InChI=1S/C14H20ClNO2.C11H10Cl2F2N4O3S.C8H11Cl2NO.C3H8NO5P/c1-4-11-7-6-8-12(5-2)14(11)16(10-18-3)13(17)9-15;1-5-16-19(11(20)18(5)10(14)15)9-4-8(17-23(2,21)22)6(12)3-7(9)13;1-3-5-11(6-4-2)8(12)7(9)10;5-3(6)1-4-2-10(7,8)9/h6-8H,4-5,9-10H2,1-3H3;3-4,10,17H,1-2H3;3-4,7H,1-2,5-6H2;4H,1-2H2,(H,5,6)(H2,7,8,9). The van der Waals surface area contributed by atoms with Crippen LogP contribution in [0.15, 0.2) is 60.4 Å². The Morgan fingerprint density at radius 3 is 1.97 bits per heavy atom. The van der Waals surface area contributed by atoms with E-state index in [1.54, 1.807) is 24.2 Å². The number of aryl methyl sites for hydroxylation is 3. The zero-order valence-electron chi connectivity index (χ0n) is 34.6. The Labute approximate surface area is 388 Å². The van der Waals surface area contributed by atoms with Gasteiger partial charge in [-0.3, -0.25) is 33.9 Å². The Balaban J connectivity index is 0.000000859. The molecule has 3 aromatic rings. The number of nitrogens with one attached hydrogen (secondary N) is 2. The monoisotopic (exact) mass is 1030 g/mol. The first-order valence-electron chi connectivity index (χ1n) is 17.9. The number of aliphatic carboxylic acids is 1. The highest BCUT2D eigenvalue weighted by atomic mass is 35.5. The number of ether oxygens (including phenoxy) is 1. The highest BCUT2D eigenvalue weighted by molar-refractivity contribution is 7.92. The van der Waals surface area contributed by atoms with Gasteiger partial charge in [0.25, 0.3) is 5.91 Å². The molecule has 0 atom stereocenters. The number of aromatic nitrogens is 3. The van der Waals surface area contributed by atoms with Crippen molar-refractivity contribution in [3.8, 4) is 5.69 Å². The highest BCUT2D eigenvalue weighted by Crippen LogP contribution is 2.33. The highest BCUT2D eigenvalue weighted by Gasteiger charge is 2.22. The average molecular weight is 1030 g/mol. The van der Waals surface area contributed by atoms with Gasteiger partial charge in [-0.15, -0.1) is 29.9 Å². The largest absolute Gasteiger partial charge is 0.480 e. The summed E-state index contributed by atoms with van der Waals surface area (Å²) < 4.78 is 66.5. The number of rotatable bonds is 19. The number of nitrogens with zero attached hydrogens (tertiary/aromatic N) is 5. The Morgan fingerprint density at radius 2 is 1.59 bits per heavy atom. The zero-order chi connectivity index (χ0) is 48.8. The van der Waals surface area contributed by atoms with E-state index in [0.717, 1.165) is 42.0 Å². The molecule has 1 heterocycles. The maximum atomic E-state index is 12.8. The zero-order valence-corrected chi connectivity index (χ0v) is 40.1. The second-order valence-electron chi connectivity index (χ2n) is 12.3. The third kappa shape index (κ3) is 21.3. The van der Waals surface area contributed by atoms with Gasteiger partial charge in [-0.25, -0.2) is 17.8 Å². The summed E-state index contributed by atoms with van der Waals surface area (Å²) in [6.07, 6.45) is 5.27. The molecule has 27 heteroatoms. The van der Waals surface area contributed by atoms with E-state index in [4.69, 9.17) is 77.6 Å². The van der Waals surface area contributed by atoms with Crippen molar-refractivity contribution in [3.05, 3.63) is 93.1 Å².